The highest BCUT2D eigenvalue weighted by atomic mass is 14.4. The van der Waals surface area contributed by atoms with Gasteiger partial charge in [0.2, 0.25) is 0 Å². The topological polar surface area (TPSA) is 0 Å². The molecule has 0 radical (unpaired) electrons. The predicted molar refractivity (Wildman–Crippen MR) is 255 cm³/mol. The van der Waals surface area contributed by atoms with Crippen molar-refractivity contribution in [2.75, 3.05) is 0 Å². The minimum Gasteiger partial charge on any atom is -0.106 e. The van der Waals surface area contributed by atoms with E-state index < -0.39 is 5.41 Å². The van der Waals surface area contributed by atoms with E-state index >= 15 is 0 Å². The molecule has 0 amide bonds. The van der Waals surface area contributed by atoms with Crippen molar-refractivity contribution in [2.24, 2.45) is 0 Å². The highest BCUT2D eigenvalue weighted by Gasteiger charge is 2.40. The van der Waals surface area contributed by atoms with Crippen LogP contribution in [0, 0.1) is 95.2 Å². The molecule has 0 atom stereocenters. The van der Waals surface area contributed by atoms with Crippen molar-refractivity contribution < 1.29 is 0 Å². The van der Waals surface area contributed by atoms with Crippen LogP contribution in [0.1, 0.15) is 175 Å². The van der Waals surface area contributed by atoms with Gasteiger partial charge in [0.15, 0.2) is 0 Å². The van der Waals surface area contributed by atoms with Gasteiger partial charge in [-0.1, -0.05) is 185 Å². The Morgan fingerprint density at radius 2 is 0.424 bits per heavy atom. The van der Waals surface area contributed by atoms with Crippen molar-refractivity contribution in [1.82, 2.24) is 0 Å². The van der Waals surface area contributed by atoms with Crippen molar-refractivity contribution in [3.8, 4) is 95.2 Å². The van der Waals surface area contributed by atoms with Gasteiger partial charge in [0, 0.05) is 0 Å². The fourth-order valence-electron chi connectivity index (χ4n) is 6.35. The highest BCUT2D eigenvalue weighted by molar-refractivity contribution is 5.64. The Labute approximate surface area is 361 Å². The molecule has 0 saturated carbocycles. The second kappa shape index (κ2) is 18.0. The molecular formula is C59H64. The average Bonchev–Trinajstić information content (AvgIpc) is 3.10. The summed E-state index contributed by atoms with van der Waals surface area (Å²) in [6, 6.07) is 21.6. The van der Waals surface area contributed by atoms with Gasteiger partial charge in [0.1, 0.15) is 5.41 Å². The van der Waals surface area contributed by atoms with Crippen molar-refractivity contribution in [1.29, 1.82) is 0 Å². The molecule has 3 aromatic carbocycles. The summed E-state index contributed by atoms with van der Waals surface area (Å²) in [7, 11) is 0. The fraction of sp³-hybridized carbons (Fsp3) is 0.424. The van der Waals surface area contributed by atoms with Gasteiger partial charge in [-0.05, 0) is 165 Å². The van der Waals surface area contributed by atoms with E-state index in [1.165, 1.54) is 33.4 Å². The Morgan fingerprint density at radius 3 is 0.610 bits per heavy atom. The maximum atomic E-state index is 5.10. The Bertz CT molecular complexity index is 2290. The maximum Gasteiger partial charge on any atom is 0.107 e. The van der Waals surface area contributed by atoms with Crippen molar-refractivity contribution in [3.63, 3.8) is 0 Å². The third-order valence-corrected chi connectivity index (χ3v) is 10.4. The second-order valence-corrected chi connectivity index (χ2v) is 21.5. The lowest BCUT2D eigenvalue weighted by Crippen LogP contribution is -2.32. The van der Waals surface area contributed by atoms with Crippen LogP contribution in [-0.2, 0) is 37.9 Å². The third-order valence-electron chi connectivity index (χ3n) is 10.4. The summed E-state index contributed by atoms with van der Waals surface area (Å²) >= 11 is 0. The van der Waals surface area contributed by atoms with Gasteiger partial charge in [0.05, 0.1) is 0 Å². The molecule has 0 N–H and O–H groups in total. The molecule has 3 rings (SSSR count). The molecule has 0 fully saturated rings. The molecule has 0 unspecified atom stereocenters. The zero-order chi connectivity index (χ0) is 44.7. The van der Waals surface area contributed by atoms with Crippen LogP contribution < -0.4 is 0 Å². The molecule has 0 saturated heterocycles. The Hall–Kier alpha value is -5.86. The molecule has 0 aliphatic rings. The number of terminal acetylenes is 1. The summed E-state index contributed by atoms with van der Waals surface area (Å²) < 4.78 is 0. The minimum atomic E-state index is -0.924. The van der Waals surface area contributed by atoms with Crippen LogP contribution in [0.3, 0.4) is 0 Å². The largest absolute Gasteiger partial charge is 0.107 e. The first-order valence-corrected chi connectivity index (χ1v) is 20.5. The van der Waals surface area contributed by atoms with Gasteiger partial charge in [-0.15, -0.1) is 6.42 Å². The Morgan fingerprint density at radius 1 is 0.254 bits per heavy atom. The molecule has 0 aliphatic heterocycles. The van der Waals surface area contributed by atoms with Crippen LogP contribution in [0.4, 0.5) is 0 Å². The Balaban J connectivity index is 2.71. The van der Waals surface area contributed by atoms with Crippen molar-refractivity contribution >= 4 is 0 Å². The van der Waals surface area contributed by atoms with E-state index in [1.54, 1.807) is 0 Å². The van der Waals surface area contributed by atoms with Crippen LogP contribution in [0.5, 0.6) is 0 Å². The number of benzene rings is 3. The van der Waals surface area contributed by atoms with Gasteiger partial charge >= 0.3 is 0 Å². The summed E-state index contributed by atoms with van der Waals surface area (Å²) in [6.45, 7) is 41.3. The van der Waals surface area contributed by atoms with E-state index in [4.69, 9.17) is 6.42 Å². The molecule has 0 aliphatic carbocycles. The van der Waals surface area contributed by atoms with Crippen LogP contribution in [-0.4, -0.2) is 0 Å². The van der Waals surface area contributed by atoms with Crippen LogP contribution in [0.2, 0.25) is 0 Å². The lowest BCUT2D eigenvalue weighted by atomic mass is 9.64. The normalized spacial score (nSPS) is 11.6. The molecule has 0 aromatic heterocycles. The highest BCUT2D eigenvalue weighted by Crippen LogP contribution is 2.47. The van der Waals surface area contributed by atoms with E-state index in [9.17, 15) is 0 Å². The predicted octanol–water partition coefficient (Wildman–Crippen LogP) is 12.5. The molecule has 0 bridgehead atoms. The summed E-state index contributed by atoms with van der Waals surface area (Å²) in [5.74, 6) is 41.9. The van der Waals surface area contributed by atoms with Gasteiger partial charge < -0.3 is 0 Å². The maximum absolute atomic E-state index is 5.10. The first-order chi connectivity index (χ1) is 27.0. The molecular weight excluding hydrogens is 709 g/mol. The molecule has 0 nitrogen and oxygen atoms in total. The van der Waals surface area contributed by atoms with Gasteiger partial charge in [-0.25, -0.2) is 0 Å². The number of hydrogen-bond donors (Lipinski definition) is 0. The van der Waals surface area contributed by atoms with E-state index in [-0.39, 0.29) is 32.5 Å². The minimum absolute atomic E-state index is 0.119. The smallest absolute Gasteiger partial charge is 0.106 e. The monoisotopic (exact) mass is 773 g/mol. The van der Waals surface area contributed by atoms with E-state index in [2.05, 4.69) is 268 Å². The summed E-state index contributed by atoms with van der Waals surface area (Å²) in [5.41, 5.74) is 9.35. The van der Waals surface area contributed by atoms with Crippen LogP contribution in [0.25, 0.3) is 0 Å². The standard InChI is InChI=1S/C59H64/c1-20-21-22-23-24-25-26-27-28-29-30-31-32-33-34-59(50-38-44(53(2,3)4)35-45(39-50)54(5,6)7,51-40-46(55(8,9)10)36-47(41-51)56(11,12)13)52-42-48(57(14,15)16)37-49(43-52)58(17,18)19/h1,35-43H,2-19H3. The molecule has 0 heteroatoms. The summed E-state index contributed by atoms with van der Waals surface area (Å²) in [4.78, 5) is 0. The van der Waals surface area contributed by atoms with E-state index in [0.717, 1.165) is 16.7 Å². The van der Waals surface area contributed by atoms with Crippen molar-refractivity contribution in [3.05, 3.63) is 105 Å². The first kappa shape index (κ1) is 47.5. The lowest BCUT2D eigenvalue weighted by molar-refractivity contribution is 0.558. The molecule has 59 heavy (non-hydrogen) atoms. The third kappa shape index (κ3) is 12.8. The lowest BCUT2D eigenvalue weighted by Gasteiger charge is -2.38. The number of rotatable bonds is 3. The molecule has 3 aromatic rings. The summed E-state index contributed by atoms with van der Waals surface area (Å²) in [6.07, 6.45) is 5.10. The van der Waals surface area contributed by atoms with E-state index in [0.29, 0.717) is 0 Å². The van der Waals surface area contributed by atoms with Crippen molar-refractivity contribution in [2.45, 2.75) is 163 Å². The zero-order valence-corrected chi connectivity index (χ0v) is 39.3. The SMILES string of the molecule is C#CC#CC#CC#CC#CC#CC#CC#CC(c1cc(C(C)(C)C)cc(C(C)(C)C)c1)(c1cc(C(C)(C)C)cc(C(C)(C)C)c1)c1cc(C(C)(C)C)cc(C(C)(C)C)c1. The van der Waals surface area contributed by atoms with Gasteiger partial charge in [-0.3, -0.25) is 0 Å². The number of hydrogen-bond acceptors (Lipinski definition) is 0. The zero-order valence-electron chi connectivity index (χ0n) is 39.3. The van der Waals surface area contributed by atoms with Crippen LogP contribution in [0.15, 0.2) is 54.6 Å². The van der Waals surface area contributed by atoms with Gasteiger partial charge in [-0.2, -0.15) is 0 Å². The average molecular weight is 773 g/mol. The van der Waals surface area contributed by atoms with Crippen LogP contribution >= 0.6 is 0 Å². The Kier molecular flexibility index (Phi) is 14.5. The fourth-order valence-corrected chi connectivity index (χ4v) is 6.35. The van der Waals surface area contributed by atoms with E-state index in [1.807, 2.05) is 0 Å². The molecule has 0 heterocycles. The first-order valence-electron chi connectivity index (χ1n) is 20.5. The van der Waals surface area contributed by atoms with Gasteiger partial charge in [0.25, 0.3) is 0 Å². The summed E-state index contributed by atoms with van der Waals surface area (Å²) in [5, 5.41) is 0. The molecule has 0 spiro atoms. The second-order valence-electron chi connectivity index (χ2n) is 21.5. The quantitative estimate of drug-likeness (QED) is 0.184. The molecule has 300 valence electrons.